The van der Waals surface area contributed by atoms with Crippen molar-refractivity contribution in [2.45, 2.75) is 24.8 Å². The van der Waals surface area contributed by atoms with Crippen LogP contribution in [0.1, 0.15) is 24.1 Å². The summed E-state index contributed by atoms with van der Waals surface area (Å²) in [6.45, 7) is 0.467. The second-order valence-corrected chi connectivity index (χ2v) is 5.99. The second-order valence-electron chi connectivity index (χ2n) is 5.99. The molecule has 1 aromatic carbocycles. The lowest BCUT2D eigenvalue weighted by Gasteiger charge is -2.35. The Bertz CT molecular complexity index is 764. The molecule has 2 amide bonds. The Morgan fingerprint density at radius 2 is 2.04 bits per heavy atom. The Balaban J connectivity index is 1.88. The van der Waals surface area contributed by atoms with Crippen molar-refractivity contribution in [1.29, 1.82) is 0 Å². The molecule has 0 saturated carbocycles. The quantitative estimate of drug-likeness (QED) is 0.876. The normalized spacial score (nSPS) is 19.6. The minimum Gasteiger partial charge on any atom is -0.497 e. The van der Waals surface area contributed by atoms with Crippen molar-refractivity contribution in [2.75, 3.05) is 13.7 Å². The molecule has 7 heteroatoms. The highest BCUT2D eigenvalue weighted by Crippen LogP contribution is 2.38. The molecule has 7 nitrogen and oxygen atoms in total. The van der Waals surface area contributed by atoms with Crippen LogP contribution in [0.15, 0.2) is 42.9 Å². The number of primary amides is 1. The zero-order valence-corrected chi connectivity index (χ0v) is 14.0. The lowest BCUT2D eigenvalue weighted by molar-refractivity contribution is -0.144. The molecule has 0 radical (unpaired) electrons. The summed E-state index contributed by atoms with van der Waals surface area (Å²) < 4.78 is 5.12. The molecule has 3 rings (SSSR count). The summed E-state index contributed by atoms with van der Waals surface area (Å²) in [6.07, 6.45) is 5.85. The molecule has 1 aromatic heterocycles. The van der Waals surface area contributed by atoms with Gasteiger partial charge in [0.25, 0.3) is 0 Å². The highest BCUT2D eigenvalue weighted by Gasteiger charge is 2.51. The van der Waals surface area contributed by atoms with Gasteiger partial charge in [-0.25, -0.2) is 0 Å². The van der Waals surface area contributed by atoms with Gasteiger partial charge in [-0.2, -0.15) is 0 Å². The van der Waals surface area contributed by atoms with Crippen LogP contribution in [0.2, 0.25) is 0 Å². The van der Waals surface area contributed by atoms with Gasteiger partial charge in [0.2, 0.25) is 11.8 Å². The number of hydrogen-bond donors (Lipinski definition) is 1. The fraction of sp³-hybridized carbons (Fsp3) is 0.333. The first-order chi connectivity index (χ1) is 12.1. The molecule has 2 heterocycles. The van der Waals surface area contributed by atoms with E-state index in [4.69, 9.17) is 10.5 Å². The van der Waals surface area contributed by atoms with Crippen molar-refractivity contribution in [1.82, 2.24) is 14.9 Å². The molecule has 0 bridgehead atoms. The van der Waals surface area contributed by atoms with Crippen LogP contribution in [0.4, 0.5) is 0 Å². The summed E-state index contributed by atoms with van der Waals surface area (Å²) in [6, 6.07) is 7.27. The molecule has 0 spiro atoms. The number of methoxy groups -OCH3 is 1. The van der Waals surface area contributed by atoms with Crippen molar-refractivity contribution in [3.8, 4) is 5.75 Å². The fourth-order valence-electron chi connectivity index (χ4n) is 3.33. The van der Waals surface area contributed by atoms with E-state index in [1.807, 2.05) is 12.1 Å². The maximum atomic E-state index is 12.9. The zero-order chi connectivity index (χ0) is 17.9. The molecule has 130 valence electrons. The summed E-state index contributed by atoms with van der Waals surface area (Å²) in [7, 11) is 1.59. The average Bonchev–Trinajstić information content (AvgIpc) is 3.09. The van der Waals surface area contributed by atoms with Crippen molar-refractivity contribution >= 4 is 11.8 Å². The molecule has 2 aromatic rings. The Labute approximate surface area is 145 Å². The molecule has 1 aliphatic rings. The number of amides is 2. The van der Waals surface area contributed by atoms with Gasteiger partial charge in [0, 0.05) is 18.9 Å². The average molecular weight is 340 g/mol. The zero-order valence-electron chi connectivity index (χ0n) is 14.0. The maximum absolute atomic E-state index is 12.9. The largest absolute Gasteiger partial charge is 0.497 e. The van der Waals surface area contributed by atoms with E-state index in [9.17, 15) is 9.59 Å². The first-order valence-electron chi connectivity index (χ1n) is 8.07. The molecule has 2 N–H and O–H groups in total. The Kier molecular flexibility index (Phi) is 4.65. The summed E-state index contributed by atoms with van der Waals surface area (Å²) in [4.78, 5) is 35.0. The molecule has 0 aliphatic carbocycles. The minimum atomic E-state index is -1.22. The summed E-state index contributed by atoms with van der Waals surface area (Å²) >= 11 is 0. The van der Waals surface area contributed by atoms with Crippen molar-refractivity contribution < 1.29 is 14.3 Å². The van der Waals surface area contributed by atoms with E-state index in [2.05, 4.69) is 9.97 Å². The highest BCUT2D eigenvalue weighted by molar-refractivity contribution is 5.92. The van der Waals surface area contributed by atoms with Crippen LogP contribution in [0.3, 0.4) is 0 Å². The monoisotopic (exact) mass is 340 g/mol. The van der Waals surface area contributed by atoms with Crippen molar-refractivity contribution in [3.63, 3.8) is 0 Å². The predicted octanol–water partition coefficient (Wildman–Crippen LogP) is 1.03. The second kappa shape index (κ2) is 6.88. The SMILES string of the molecule is COc1ccc(CC(=O)N2CCCC2(C(N)=O)c2cnccn2)cc1. The maximum Gasteiger partial charge on any atom is 0.249 e. The molecule has 1 fully saturated rings. The molecule has 1 saturated heterocycles. The van der Waals surface area contributed by atoms with E-state index in [0.29, 0.717) is 25.1 Å². The van der Waals surface area contributed by atoms with Gasteiger partial charge in [-0.05, 0) is 30.5 Å². The number of rotatable bonds is 5. The third-order valence-electron chi connectivity index (χ3n) is 4.59. The number of carbonyl (C=O) groups is 2. The van der Waals surface area contributed by atoms with E-state index in [0.717, 1.165) is 11.3 Å². The lowest BCUT2D eigenvalue weighted by atomic mass is 9.90. The number of likely N-dealkylation sites (tertiary alicyclic amines) is 1. The number of hydrogen-bond acceptors (Lipinski definition) is 5. The number of aromatic nitrogens is 2. The number of carbonyl (C=O) groups excluding carboxylic acids is 2. The van der Waals surface area contributed by atoms with E-state index in [1.54, 1.807) is 24.1 Å². The Morgan fingerprint density at radius 1 is 1.28 bits per heavy atom. The van der Waals surface area contributed by atoms with Gasteiger partial charge in [-0.1, -0.05) is 12.1 Å². The van der Waals surface area contributed by atoms with E-state index < -0.39 is 11.4 Å². The third-order valence-corrected chi connectivity index (χ3v) is 4.59. The van der Waals surface area contributed by atoms with E-state index in [-0.39, 0.29) is 12.3 Å². The first kappa shape index (κ1) is 16.9. The number of ether oxygens (including phenoxy) is 1. The third kappa shape index (κ3) is 3.05. The van der Waals surface area contributed by atoms with Crippen LogP contribution in [0, 0.1) is 0 Å². The van der Waals surface area contributed by atoms with Crippen LogP contribution in [0.5, 0.6) is 5.75 Å². The molecular weight excluding hydrogens is 320 g/mol. The van der Waals surface area contributed by atoms with Gasteiger partial charge in [0.15, 0.2) is 5.54 Å². The highest BCUT2D eigenvalue weighted by atomic mass is 16.5. The van der Waals surface area contributed by atoms with Gasteiger partial charge in [0.05, 0.1) is 25.4 Å². The van der Waals surface area contributed by atoms with Crippen molar-refractivity contribution in [2.24, 2.45) is 5.73 Å². The topological polar surface area (TPSA) is 98.4 Å². The van der Waals surface area contributed by atoms with Gasteiger partial charge in [-0.15, -0.1) is 0 Å². The smallest absolute Gasteiger partial charge is 0.249 e. The standard InChI is InChI=1S/C18H20N4O3/c1-25-14-5-3-13(4-6-14)11-16(23)22-10-2-7-18(22,17(19)24)15-12-20-8-9-21-15/h3-6,8-9,12H,2,7,10-11H2,1H3,(H2,19,24). The minimum absolute atomic E-state index is 0.160. The van der Waals surface area contributed by atoms with Crippen LogP contribution >= 0.6 is 0 Å². The fourth-order valence-corrected chi connectivity index (χ4v) is 3.33. The summed E-state index contributed by atoms with van der Waals surface area (Å²) in [5.74, 6) is -0.0101. The van der Waals surface area contributed by atoms with Crippen molar-refractivity contribution in [3.05, 3.63) is 54.1 Å². The molecule has 1 aliphatic heterocycles. The number of nitrogens with two attached hydrogens (primary N) is 1. The van der Waals surface area contributed by atoms with Crippen LogP contribution in [-0.2, 0) is 21.5 Å². The Morgan fingerprint density at radius 3 is 2.64 bits per heavy atom. The number of benzene rings is 1. The summed E-state index contributed by atoms with van der Waals surface area (Å²) in [5.41, 5.74) is 5.75. The van der Waals surface area contributed by atoms with Gasteiger partial charge < -0.3 is 15.4 Å². The molecular formula is C18H20N4O3. The molecule has 1 unspecified atom stereocenters. The van der Waals surface area contributed by atoms with E-state index >= 15 is 0 Å². The Hall–Kier alpha value is -2.96. The predicted molar refractivity (Wildman–Crippen MR) is 90.5 cm³/mol. The lowest BCUT2D eigenvalue weighted by Crippen LogP contribution is -2.54. The molecule has 1 atom stereocenters. The number of nitrogens with zero attached hydrogens (tertiary/aromatic N) is 3. The summed E-state index contributed by atoms with van der Waals surface area (Å²) in [5, 5.41) is 0. The van der Waals surface area contributed by atoms with Gasteiger partial charge >= 0.3 is 0 Å². The van der Waals surface area contributed by atoms with Gasteiger partial charge in [-0.3, -0.25) is 19.6 Å². The van der Waals surface area contributed by atoms with Crippen LogP contribution in [0.25, 0.3) is 0 Å². The van der Waals surface area contributed by atoms with E-state index in [1.165, 1.54) is 18.6 Å². The van der Waals surface area contributed by atoms with Crippen LogP contribution < -0.4 is 10.5 Å². The van der Waals surface area contributed by atoms with Gasteiger partial charge in [0.1, 0.15) is 5.75 Å². The molecule has 25 heavy (non-hydrogen) atoms. The van der Waals surface area contributed by atoms with Crippen LogP contribution in [-0.4, -0.2) is 40.3 Å². The first-order valence-corrected chi connectivity index (χ1v) is 8.07.